The van der Waals surface area contributed by atoms with Gasteiger partial charge in [-0.3, -0.25) is 4.79 Å². The van der Waals surface area contributed by atoms with Gasteiger partial charge in [0.15, 0.2) is 0 Å². The van der Waals surface area contributed by atoms with Gasteiger partial charge in [-0.2, -0.15) is 0 Å². The number of amides is 1. The number of aliphatic imine (C=N–C) groups is 1. The van der Waals surface area contributed by atoms with Crippen LogP contribution in [0.15, 0.2) is 71.7 Å². The highest BCUT2D eigenvalue weighted by atomic mass is 16.5. The molecule has 0 radical (unpaired) electrons. The van der Waals surface area contributed by atoms with Gasteiger partial charge in [0.2, 0.25) is 5.91 Å². The Balaban J connectivity index is 1.12. The Kier molecular flexibility index (Phi) is 13.2. The van der Waals surface area contributed by atoms with Crippen molar-refractivity contribution in [3.8, 4) is 16.9 Å². The summed E-state index contributed by atoms with van der Waals surface area (Å²) in [6.07, 6.45) is 1.32. The summed E-state index contributed by atoms with van der Waals surface area (Å²) < 4.78 is 23.2. The van der Waals surface area contributed by atoms with Crippen molar-refractivity contribution in [2.45, 2.75) is 53.1 Å². The first kappa shape index (κ1) is 35.1. The molecule has 0 saturated carbocycles. The van der Waals surface area contributed by atoms with Gasteiger partial charge in [-0.05, 0) is 79.6 Å². The largest absolute Gasteiger partial charge is 0.485 e. The Morgan fingerprint density at radius 2 is 1.67 bits per heavy atom. The predicted molar refractivity (Wildman–Crippen MR) is 187 cm³/mol. The highest BCUT2D eigenvalue weighted by molar-refractivity contribution is 6.04. The van der Waals surface area contributed by atoms with E-state index in [9.17, 15) is 4.79 Å². The quantitative estimate of drug-likeness (QED) is 0.153. The smallest absolute Gasteiger partial charge is 0.222 e. The molecule has 0 saturated heterocycles. The van der Waals surface area contributed by atoms with E-state index in [0.29, 0.717) is 58.5 Å². The number of aryl methyl sites for hydroxylation is 1. The van der Waals surface area contributed by atoms with E-state index in [1.807, 2.05) is 26.0 Å². The third-order valence-corrected chi connectivity index (χ3v) is 7.86. The molecule has 1 aliphatic rings. The topological polar surface area (TPSA) is 81.6 Å². The van der Waals surface area contributed by atoms with Gasteiger partial charge >= 0.3 is 0 Å². The number of hydrogen-bond acceptors (Lipinski definition) is 7. The summed E-state index contributed by atoms with van der Waals surface area (Å²) in [5.41, 5.74) is 7.02. The molecule has 0 bridgehead atoms. The lowest BCUT2D eigenvalue weighted by Crippen LogP contribution is -2.36. The fraction of sp³-hybridized carbons (Fsp3) is 0.474. The van der Waals surface area contributed by atoms with E-state index in [-0.39, 0.29) is 5.91 Å². The van der Waals surface area contributed by atoms with E-state index in [4.69, 9.17) is 23.9 Å². The van der Waals surface area contributed by atoms with Crippen LogP contribution < -0.4 is 15.0 Å². The van der Waals surface area contributed by atoms with Crippen molar-refractivity contribution in [2.24, 2.45) is 10.9 Å². The molecule has 0 atom stereocenters. The number of fused-ring (bicyclic) bond motifs is 1. The minimum Gasteiger partial charge on any atom is -0.485 e. The summed E-state index contributed by atoms with van der Waals surface area (Å²) in [4.78, 5) is 19.3. The van der Waals surface area contributed by atoms with Gasteiger partial charge in [-0.1, -0.05) is 56.3 Å². The molecule has 4 rings (SSSR count). The molecule has 0 spiro atoms. The van der Waals surface area contributed by atoms with Crippen molar-refractivity contribution in [2.75, 3.05) is 64.7 Å². The summed E-state index contributed by atoms with van der Waals surface area (Å²) in [7, 11) is 2.07. The van der Waals surface area contributed by atoms with Crippen LogP contribution in [0, 0.1) is 12.8 Å². The minimum absolute atomic E-state index is 0.0236. The number of carbonyl (C=O) groups is 1. The molecule has 8 heteroatoms. The maximum Gasteiger partial charge on any atom is 0.222 e. The summed E-state index contributed by atoms with van der Waals surface area (Å²) in [6.45, 7) is 14.7. The zero-order valence-corrected chi connectivity index (χ0v) is 28.4. The van der Waals surface area contributed by atoms with Crippen LogP contribution in [-0.4, -0.2) is 77.0 Å². The van der Waals surface area contributed by atoms with E-state index in [0.717, 1.165) is 52.5 Å². The monoisotopic (exact) mass is 629 g/mol. The molecule has 248 valence electrons. The molecule has 1 aliphatic heterocycles. The molecule has 1 heterocycles. The highest BCUT2D eigenvalue weighted by Gasteiger charge is 2.22. The van der Waals surface area contributed by atoms with Crippen LogP contribution in [0.1, 0.15) is 51.7 Å². The molecule has 1 amide bonds. The van der Waals surface area contributed by atoms with Crippen molar-refractivity contribution in [3.05, 3.63) is 77.9 Å². The number of anilines is 1. The molecule has 0 unspecified atom stereocenters. The maximum atomic E-state index is 12.2. The molecule has 0 fully saturated rings. The Hall–Kier alpha value is -3.72. The first-order valence-corrected chi connectivity index (χ1v) is 16.4. The minimum atomic E-state index is -0.470. The van der Waals surface area contributed by atoms with Gasteiger partial charge in [0.05, 0.1) is 44.2 Å². The summed E-state index contributed by atoms with van der Waals surface area (Å²) in [6, 6.07) is 23.1. The van der Waals surface area contributed by atoms with Gasteiger partial charge in [-0.25, -0.2) is 4.99 Å². The first-order valence-electron chi connectivity index (χ1n) is 16.4. The third-order valence-electron chi connectivity index (χ3n) is 7.86. The SMILES string of the molecule is Cc1ccc2c(c1)N=C(c1ccc(-c3cccc(N(C)CCOCCOCCNC(=O)CC(C)(C)OCCC(C)C)c3)cc1)CO2. The molecule has 3 aromatic rings. The van der Waals surface area contributed by atoms with Crippen LogP contribution in [0.5, 0.6) is 5.75 Å². The fourth-order valence-electron chi connectivity index (χ4n) is 5.07. The second-order valence-corrected chi connectivity index (χ2v) is 12.9. The van der Waals surface area contributed by atoms with Crippen molar-refractivity contribution < 1.29 is 23.7 Å². The molecule has 1 N–H and O–H groups in total. The van der Waals surface area contributed by atoms with Gasteiger partial charge in [0.25, 0.3) is 0 Å². The predicted octanol–water partition coefficient (Wildman–Crippen LogP) is 6.99. The summed E-state index contributed by atoms with van der Waals surface area (Å²) in [5, 5.41) is 2.91. The normalized spacial score (nSPS) is 12.8. The lowest BCUT2D eigenvalue weighted by atomic mass is 10.0. The number of carbonyl (C=O) groups excluding carboxylic acids is 1. The second kappa shape index (κ2) is 17.3. The van der Waals surface area contributed by atoms with Crippen LogP contribution in [0.2, 0.25) is 0 Å². The molecule has 8 nitrogen and oxygen atoms in total. The molecular weight excluding hydrogens is 578 g/mol. The number of hydrogen-bond donors (Lipinski definition) is 1. The number of rotatable bonds is 18. The van der Waals surface area contributed by atoms with E-state index in [2.05, 4.69) is 92.6 Å². The van der Waals surface area contributed by atoms with Crippen molar-refractivity contribution in [3.63, 3.8) is 0 Å². The molecule has 0 aromatic heterocycles. The number of likely N-dealkylation sites (N-methyl/N-ethyl adjacent to an activating group) is 1. The van der Waals surface area contributed by atoms with Gasteiger partial charge in [0.1, 0.15) is 18.0 Å². The summed E-state index contributed by atoms with van der Waals surface area (Å²) >= 11 is 0. The summed E-state index contributed by atoms with van der Waals surface area (Å²) in [5.74, 6) is 1.40. The Labute approximate surface area is 275 Å². The maximum absolute atomic E-state index is 12.2. The van der Waals surface area contributed by atoms with Crippen LogP contribution in [0.3, 0.4) is 0 Å². The zero-order chi connectivity index (χ0) is 32.9. The third kappa shape index (κ3) is 11.3. The van der Waals surface area contributed by atoms with E-state index in [1.165, 1.54) is 5.56 Å². The number of ether oxygens (including phenoxy) is 4. The van der Waals surface area contributed by atoms with E-state index >= 15 is 0 Å². The molecule has 0 aliphatic carbocycles. The second-order valence-electron chi connectivity index (χ2n) is 12.9. The van der Waals surface area contributed by atoms with Crippen LogP contribution >= 0.6 is 0 Å². The molecule has 46 heavy (non-hydrogen) atoms. The Morgan fingerprint density at radius 1 is 0.935 bits per heavy atom. The van der Waals surface area contributed by atoms with Gasteiger partial charge < -0.3 is 29.2 Å². The van der Waals surface area contributed by atoms with Crippen molar-refractivity contribution >= 4 is 23.0 Å². The number of nitrogens with zero attached hydrogens (tertiary/aromatic N) is 2. The highest BCUT2D eigenvalue weighted by Crippen LogP contribution is 2.33. The molecular formula is C38H51N3O5. The Bertz CT molecular complexity index is 1430. The van der Waals surface area contributed by atoms with Gasteiger partial charge in [-0.15, -0.1) is 0 Å². The fourth-order valence-corrected chi connectivity index (χ4v) is 5.07. The van der Waals surface area contributed by atoms with Crippen LogP contribution in [0.4, 0.5) is 11.4 Å². The lowest BCUT2D eigenvalue weighted by Gasteiger charge is -2.25. The van der Waals surface area contributed by atoms with Crippen molar-refractivity contribution in [1.29, 1.82) is 0 Å². The van der Waals surface area contributed by atoms with Crippen LogP contribution in [-0.2, 0) is 19.0 Å². The van der Waals surface area contributed by atoms with E-state index < -0.39 is 5.60 Å². The van der Waals surface area contributed by atoms with Crippen molar-refractivity contribution in [1.82, 2.24) is 5.32 Å². The zero-order valence-electron chi connectivity index (χ0n) is 28.4. The number of nitrogens with one attached hydrogen (secondary N) is 1. The first-order chi connectivity index (χ1) is 22.1. The lowest BCUT2D eigenvalue weighted by molar-refractivity contribution is -0.127. The average Bonchev–Trinajstić information content (AvgIpc) is 3.03. The Morgan fingerprint density at radius 3 is 2.43 bits per heavy atom. The molecule has 3 aromatic carbocycles. The number of benzene rings is 3. The average molecular weight is 630 g/mol. The van der Waals surface area contributed by atoms with Crippen LogP contribution in [0.25, 0.3) is 11.1 Å². The van der Waals surface area contributed by atoms with E-state index in [1.54, 1.807) is 0 Å². The van der Waals surface area contributed by atoms with Gasteiger partial charge in [0, 0.05) is 32.4 Å². The standard InChI is InChI=1S/C38H51N3O5/c1-28(2)16-19-46-38(4,5)26-37(42)39-17-20-43-22-23-44-21-18-41(6)33-9-7-8-32(25-33)30-11-13-31(14-12-30)35-27-45-36-15-10-29(3)24-34(36)40-35/h7-15,24-25,28H,16-23,26-27H2,1-6H3,(H,39,42).